The highest BCUT2D eigenvalue weighted by atomic mass is 16.2. The van der Waals surface area contributed by atoms with Crippen molar-refractivity contribution in [2.75, 3.05) is 26.2 Å². The first-order valence-corrected chi connectivity index (χ1v) is 6.73. The van der Waals surface area contributed by atoms with E-state index >= 15 is 0 Å². The lowest BCUT2D eigenvalue weighted by Gasteiger charge is -2.34. The van der Waals surface area contributed by atoms with Crippen LogP contribution in [0.4, 0.5) is 0 Å². The van der Waals surface area contributed by atoms with Crippen LogP contribution in [0.25, 0.3) is 0 Å². The average Bonchev–Trinajstić information content (AvgIpc) is 2.28. The van der Waals surface area contributed by atoms with E-state index in [1.165, 1.54) is 0 Å². The van der Waals surface area contributed by atoms with E-state index in [-0.39, 0.29) is 17.5 Å². The van der Waals surface area contributed by atoms with Crippen LogP contribution in [0, 0.1) is 0 Å². The summed E-state index contributed by atoms with van der Waals surface area (Å²) in [5.74, 6) is 0.158. The third kappa shape index (κ3) is 4.64. The molecule has 0 bridgehead atoms. The van der Waals surface area contributed by atoms with Crippen LogP contribution in [0.1, 0.15) is 40.5 Å². The van der Waals surface area contributed by atoms with Crippen molar-refractivity contribution < 1.29 is 4.79 Å². The largest absolute Gasteiger partial charge is 0.350 e. The molecule has 0 aromatic carbocycles. The van der Waals surface area contributed by atoms with Crippen LogP contribution in [0.3, 0.4) is 0 Å². The highest BCUT2D eigenvalue weighted by Gasteiger charge is 2.26. The Hall–Kier alpha value is -0.610. The molecule has 0 radical (unpaired) electrons. The van der Waals surface area contributed by atoms with Crippen LogP contribution in [0.15, 0.2) is 0 Å². The van der Waals surface area contributed by atoms with Gasteiger partial charge in [0.25, 0.3) is 0 Å². The van der Waals surface area contributed by atoms with Gasteiger partial charge in [0.2, 0.25) is 5.91 Å². The Balaban J connectivity index is 2.45. The molecule has 4 heteroatoms. The lowest BCUT2D eigenvalue weighted by molar-refractivity contribution is -0.127. The number of carbonyl (C=O) groups is 1. The SMILES string of the molecule is CCCC(C)(C)NC(=O)C(C)N1CCNCC1. The van der Waals surface area contributed by atoms with E-state index in [1.54, 1.807) is 0 Å². The molecule has 100 valence electrons. The summed E-state index contributed by atoms with van der Waals surface area (Å²) in [6.45, 7) is 12.2. The lowest BCUT2D eigenvalue weighted by Crippen LogP contribution is -2.56. The molecule has 1 aliphatic rings. The van der Waals surface area contributed by atoms with Gasteiger partial charge in [0.15, 0.2) is 0 Å². The highest BCUT2D eigenvalue weighted by molar-refractivity contribution is 5.82. The minimum Gasteiger partial charge on any atom is -0.350 e. The van der Waals surface area contributed by atoms with Crippen molar-refractivity contribution in [3.8, 4) is 0 Å². The van der Waals surface area contributed by atoms with Crippen molar-refractivity contribution in [3.05, 3.63) is 0 Å². The zero-order valence-electron chi connectivity index (χ0n) is 11.7. The molecule has 1 amide bonds. The third-order valence-electron chi connectivity index (χ3n) is 3.42. The number of nitrogens with one attached hydrogen (secondary N) is 2. The summed E-state index contributed by atoms with van der Waals surface area (Å²) >= 11 is 0. The molecule has 0 aromatic heterocycles. The van der Waals surface area contributed by atoms with Crippen molar-refractivity contribution >= 4 is 5.91 Å². The molecule has 0 spiro atoms. The van der Waals surface area contributed by atoms with Gasteiger partial charge in [0.1, 0.15) is 0 Å². The molecule has 0 aliphatic carbocycles. The van der Waals surface area contributed by atoms with Gasteiger partial charge < -0.3 is 10.6 Å². The van der Waals surface area contributed by atoms with Crippen LogP contribution in [-0.4, -0.2) is 48.6 Å². The maximum atomic E-state index is 12.2. The fourth-order valence-electron chi connectivity index (χ4n) is 2.36. The number of piperazine rings is 1. The van der Waals surface area contributed by atoms with Gasteiger partial charge in [-0.2, -0.15) is 0 Å². The molecule has 1 aliphatic heterocycles. The molecular formula is C13H27N3O. The highest BCUT2D eigenvalue weighted by Crippen LogP contribution is 2.12. The monoisotopic (exact) mass is 241 g/mol. The molecule has 0 saturated carbocycles. The lowest BCUT2D eigenvalue weighted by atomic mass is 9.98. The van der Waals surface area contributed by atoms with Crippen LogP contribution in [-0.2, 0) is 4.79 Å². The van der Waals surface area contributed by atoms with E-state index in [1.807, 2.05) is 6.92 Å². The second-order valence-electron chi connectivity index (χ2n) is 5.59. The first-order valence-electron chi connectivity index (χ1n) is 6.73. The van der Waals surface area contributed by atoms with Crippen LogP contribution in [0.5, 0.6) is 0 Å². The van der Waals surface area contributed by atoms with Gasteiger partial charge in [-0.05, 0) is 27.2 Å². The van der Waals surface area contributed by atoms with E-state index in [4.69, 9.17) is 0 Å². The number of nitrogens with zero attached hydrogens (tertiary/aromatic N) is 1. The molecule has 1 fully saturated rings. The van der Waals surface area contributed by atoms with Crippen molar-refractivity contribution in [3.63, 3.8) is 0 Å². The molecule has 1 heterocycles. The Morgan fingerprint density at radius 2 is 2.00 bits per heavy atom. The molecule has 1 unspecified atom stereocenters. The number of carbonyl (C=O) groups excluding carboxylic acids is 1. The van der Waals surface area contributed by atoms with E-state index in [0.717, 1.165) is 39.0 Å². The fraction of sp³-hybridized carbons (Fsp3) is 0.923. The Kier molecular flexibility index (Phi) is 5.40. The minimum atomic E-state index is -0.0892. The first kappa shape index (κ1) is 14.5. The molecule has 1 saturated heterocycles. The molecule has 1 rings (SSSR count). The van der Waals surface area contributed by atoms with Gasteiger partial charge in [-0.3, -0.25) is 9.69 Å². The number of amides is 1. The Morgan fingerprint density at radius 3 is 2.53 bits per heavy atom. The Morgan fingerprint density at radius 1 is 1.41 bits per heavy atom. The maximum absolute atomic E-state index is 12.2. The van der Waals surface area contributed by atoms with Gasteiger partial charge in [0.05, 0.1) is 6.04 Å². The van der Waals surface area contributed by atoms with Crippen LogP contribution in [0.2, 0.25) is 0 Å². The van der Waals surface area contributed by atoms with Crippen molar-refractivity contribution in [2.45, 2.75) is 52.1 Å². The summed E-state index contributed by atoms with van der Waals surface area (Å²) in [5.41, 5.74) is -0.0892. The summed E-state index contributed by atoms with van der Waals surface area (Å²) in [4.78, 5) is 14.4. The Bertz CT molecular complexity index is 247. The van der Waals surface area contributed by atoms with Gasteiger partial charge in [-0.25, -0.2) is 0 Å². The second kappa shape index (κ2) is 6.36. The molecule has 4 nitrogen and oxygen atoms in total. The van der Waals surface area contributed by atoms with Crippen LogP contribution < -0.4 is 10.6 Å². The molecule has 2 N–H and O–H groups in total. The van der Waals surface area contributed by atoms with E-state index in [0.29, 0.717) is 0 Å². The molecule has 1 atom stereocenters. The van der Waals surface area contributed by atoms with Gasteiger partial charge in [0, 0.05) is 31.7 Å². The number of rotatable bonds is 5. The van der Waals surface area contributed by atoms with E-state index < -0.39 is 0 Å². The predicted octanol–water partition coefficient (Wildman–Crippen LogP) is 0.975. The summed E-state index contributed by atoms with van der Waals surface area (Å²) in [5, 5.41) is 6.46. The third-order valence-corrected chi connectivity index (χ3v) is 3.42. The molecule has 17 heavy (non-hydrogen) atoms. The second-order valence-corrected chi connectivity index (χ2v) is 5.59. The zero-order valence-corrected chi connectivity index (χ0v) is 11.7. The van der Waals surface area contributed by atoms with Gasteiger partial charge in [-0.1, -0.05) is 13.3 Å². The quantitative estimate of drug-likeness (QED) is 0.754. The summed E-state index contributed by atoms with van der Waals surface area (Å²) in [6, 6.07) is -0.0202. The fourth-order valence-corrected chi connectivity index (χ4v) is 2.36. The maximum Gasteiger partial charge on any atom is 0.237 e. The summed E-state index contributed by atoms with van der Waals surface area (Å²) in [6.07, 6.45) is 2.11. The number of hydrogen-bond acceptors (Lipinski definition) is 3. The standard InChI is InChI=1S/C13H27N3O/c1-5-6-13(3,4)15-12(17)11(2)16-9-7-14-8-10-16/h11,14H,5-10H2,1-4H3,(H,15,17). The van der Waals surface area contributed by atoms with Crippen molar-refractivity contribution in [2.24, 2.45) is 0 Å². The Labute approximate surface area is 105 Å². The smallest absolute Gasteiger partial charge is 0.237 e. The van der Waals surface area contributed by atoms with E-state index in [9.17, 15) is 4.79 Å². The van der Waals surface area contributed by atoms with Gasteiger partial charge >= 0.3 is 0 Å². The minimum absolute atomic E-state index is 0.0202. The summed E-state index contributed by atoms with van der Waals surface area (Å²) in [7, 11) is 0. The van der Waals surface area contributed by atoms with Crippen LogP contribution >= 0.6 is 0 Å². The van der Waals surface area contributed by atoms with Crippen molar-refractivity contribution in [1.82, 2.24) is 15.5 Å². The first-order chi connectivity index (χ1) is 7.96. The van der Waals surface area contributed by atoms with Crippen molar-refractivity contribution in [1.29, 1.82) is 0 Å². The number of hydrogen-bond donors (Lipinski definition) is 2. The van der Waals surface area contributed by atoms with Gasteiger partial charge in [-0.15, -0.1) is 0 Å². The molecular weight excluding hydrogens is 214 g/mol. The average molecular weight is 241 g/mol. The molecule has 0 aromatic rings. The zero-order chi connectivity index (χ0) is 12.9. The summed E-state index contributed by atoms with van der Waals surface area (Å²) < 4.78 is 0. The topological polar surface area (TPSA) is 44.4 Å². The van der Waals surface area contributed by atoms with E-state index in [2.05, 4.69) is 36.3 Å². The predicted molar refractivity (Wildman–Crippen MR) is 71.0 cm³/mol. The normalized spacial score (nSPS) is 20.0.